The Hall–Kier alpha value is -0.660. The van der Waals surface area contributed by atoms with Crippen LogP contribution in [-0.2, 0) is 14.8 Å². The Morgan fingerprint density at radius 2 is 1.52 bits per heavy atom. The Balaban J connectivity index is 1.46. The Labute approximate surface area is 139 Å². The number of carbonyl (C=O) groups is 1. The van der Waals surface area contributed by atoms with Crippen molar-refractivity contribution in [1.82, 2.24) is 14.1 Å². The summed E-state index contributed by atoms with van der Waals surface area (Å²) in [6.45, 7) is 6.87. The third-order valence-electron chi connectivity index (χ3n) is 5.78. The second kappa shape index (κ2) is 6.69. The van der Waals surface area contributed by atoms with E-state index in [4.69, 9.17) is 0 Å². The first kappa shape index (κ1) is 17.2. The molecular weight excluding hydrogens is 314 g/mol. The Morgan fingerprint density at radius 3 is 2.00 bits per heavy atom. The van der Waals surface area contributed by atoms with E-state index in [0.29, 0.717) is 32.0 Å². The standard InChI is InChI=1S/C16H29N3O3S/c1-13(14-3-4-14)17-9-11-18(12-10-17)16(20)15-5-7-19(8-6-15)23(2,21)22/h13-15H,3-12H2,1-2H3. The van der Waals surface area contributed by atoms with Gasteiger partial charge >= 0.3 is 0 Å². The predicted octanol–water partition coefficient (Wildman–Crippen LogP) is 0.601. The van der Waals surface area contributed by atoms with Gasteiger partial charge in [-0.15, -0.1) is 0 Å². The van der Waals surface area contributed by atoms with Crippen molar-refractivity contribution in [2.24, 2.45) is 11.8 Å². The van der Waals surface area contributed by atoms with Gasteiger partial charge in [0.1, 0.15) is 0 Å². The lowest BCUT2D eigenvalue weighted by atomic mass is 9.96. The lowest BCUT2D eigenvalue weighted by molar-refractivity contribution is -0.138. The van der Waals surface area contributed by atoms with Gasteiger partial charge in [0.2, 0.25) is 15.9 Å². The molecule has 6 nitrogen and oxygen atoms in total. The number of piperidine rings is 1. The smallest absolute Gasteiger partial charge is 0.225 e. The predicted molar refractivity (Wildman–Crippen MR) is 89.5 cm³/mol. The molecule has 1 unspecified atom stereocenters. The molecule has 132 valence electrons. The van der Waals surface area contributed by atoms with Gasteiger partial charge in [0.05, 0.1) is 6.26 Å². The van der Waals surface area contributed by atoms with E-state index >= 15 is 0 Å². The maximum atomic E-state index is 12.7. The van der Waals surface area contributed by atoms with Crippen LogP contribution in [0, 0.1) is 11.8 Å². The summed E-state index contributed by atoms with van der Waals surface area (Å²) in [5, 5.41) is 0. The highest BCUT2D eigenvalue weighted by molar-refractivity contribution is 7.88. The van der Waals surface area contributed by atoms with E-state index < -0.39 is 10.0 Å². The number of nitrogens with zero attached hydrogens (tertiary/aromatic N) is 3. The van der Waals surface area contributed by atoms with Gasteiger partial charge < -0.3 is 4.90 Å². The second-order valence-corrected chi connectivity index (χ2v) is 9.36. The van der Waals surface area contributed by atoms with Gasteiger partial charge in [0.25, 0.3) is 0 Å². The van der Waals surface area contributed by atoms with Gasteiger partial charge in [-0.1, -0.05) is 0 Å². The van der Waals surface area contributed by atoms with Gasteiger partial charge in [-0.3, -0.25) is 9.69 Å². The van der Waals surface area contributed by atoms with Crippen molar-refractivity contribution in [2.45, 2.75) is 38.6 Å². The fraction of sp³-hybridized carbons (Fsp3) is 0.938. The van der Waals surface area contributed by atoms with Crippen molar-refractivity contribution < 1.29 is 13.2 Å². The third-order valence-corrected chi connectivity index (χ3v) is 7.08. The van der Waals surface area contributed by atoms with Crippen molar-refractivity contribution in [1.29, 1.82) is 0 Å². The van der Waals surface area contributed by atoms with E-state index in [-0.39, 0.29) is 11.8 Å². The van der Waals surface area contributed by atoms with Crippen LogP contribution in [0.5, 0.6) is 0 Å². The summed E-state index contributed by atoms with van der Waals surface area (Å²) in [6, 6.07) is 0.658. The average Bonchev–Trinajstić information content (AvgIpc) is 3.38. The zero-order valence-corrected chi connectivity index (χ0v) is 15.1. The van der Waals surface area contributed by atoms with E-state index in [1.807, 2.05) is 4.90 Å². The van der Waals surface area contributed by atoms with Gasteiger partial charge in [0, 0.05) is 51.2 Å². The first-order chi connectivity index (χ1) is 10.9. The van der Waals surface area contributed by atoms with E-state index in [1.165, 1.54) is 23.4 Å². The van der Waals surface area contributed by atoms with E-state index in [1.54, 1.807) is 0 Å². The molecule has 3 fully saturated rings. The van der Waals surface area contributed by atoms with Crippen molar-refractivity contribution in [3.05, 3.63) is 0 Å². The monoisotopic (exact) mass is 343 g/mol. The van der Waals surface area contributed by atoms with Crippen LogP contribution in [0.25, 0.3) is 0 Å². The average molecular weight is 343 g/mol. The van der Waals surface area contributed by atoms with Crippen LogP contribution in [0.4, 0.5) is 0 Å². The van der Waals surface area contributed by atoms with Gasteiger partial charge in [-0.25, -0.2) is 12.7 Å². The van der Waals surface area contributed by atoms with Crippen LogP contribution in [0.1, 0.15) is 32.6 Å². The Morgan fingerprint density at radius 1 is 0.957 bits per heavy atom. The summed E-state index contributed by atoms with van der Waals surface area (Å²) in [7, 11) is -3.12. The lowest BCUT2D eigenvalue weighted by Crippen LogP contribution is -2.54. The van der Waals surface area contributed by atoms with Crippen LogP contribution in [0.2, 0.25) is 0 Å². The molecule has 0 bridgehead atoms. The van der Waals surface area contributed by atoms with E-state index in [2.05, 4.69) is 11.8 Å². The number of sulfonamides is 1. The highest BCUT2D eigenvalue weighted by Crippen LogP contribution is 2.35. The van der Waals surface area contributed by atoms with Crippen LogP contribution in [0.15, 0.2) is 0 Å². The van der Waals surface area contributed by atoms with Gasteiger partial charge in [-0.2, -0.15) is 0 Å². The zero-order chi connectivity index (χ0) is 16.6. The van der Waals surface area contributed by atoms with Crippen LogP contribution in [0.3, 0.4) is 0 Å². The molecule has 3 aliphatic rings. The highest BCUT2D eigenvalue weighted by atomic mass is 32.2. The first-order valence-electron chi connectivity index (χ1n) is 8.84. The van der Waals surface area contributed by atoms with E-state index in [9.17, 15) is 13.2 Å². The Bertz CT molecular complexity index is 531. The molecule has 7 heteroatoms. The molecule has 0 radical (unpaired) electrons. The fourth-order valence-corrected chi connectivity index (χ4v) is 4.79. The maximum Gasteiger partial charge on any atom is 0.225 e. The number of piperazine rings is 1. The molecule has 1 amide bonds. The summed E-state index contributed by atoms with van der Waals surface area (Å²) in [4.78, 5) is 17.2. The lowest BCUT2D eigenvalue weighted by Gasteiger charge is -2.40. The minimum Gasteiger partial charge on any atom is -0.340 e. The number of carbonyl (C=O) groups excluding carboxylic acids is 1. The van der Waals surface area contributed by atoms with Crippen molar-refractivity contribution >= 4 is 15.9 Å². The number of hydrogen-bond donors (Lipinski definition) is 0. The Kier molecular flexibility index (Phi) is 4.99. The summed E-state index contributed by atoms with van der Waals surface area (Å²) in [6.07, 6.45) is 5.28. The molecule has 1 saturated carbocycles. The van der Waals surface area contributed by atoms with Crippen LogP contribution in [-0.4, -0.2) is 80.0 Å². The topological polar surface area (TPSA) is 60.9 Å². The highest BCUT2D eigenvalue weighted by Gasteiger charge is 2.36. The van der Waals surface area contributed by atoms with Gasteiger partial charge in [-0.05, 0) is 38.5 Å². The maximum absolute atomic E-state index is 12.7. The molecule has 2 aliphatic heterocycles. The summed E-state index contributed by atoms with van der Waals surface area (Å²) in [5.41, 5.74) is 0. The zero-order valence-electron chi connectivity index (χ0n) is 14.3. The van der Waals surface area contributed by atoms with Crippen molar-refractivity contribution in [3.63, 3.8) is 0 Å². The molecule has 0 aromatic heterocycles. The van der Waals surface area contributed by atoms with Crippen molar-refractivity contribution in [3.8, 4) is 0 Å². The van der Waals surface area contributed by atoms with Crippen LogP contribution < -0.4 is 0 Å². The quantitative estimate of drug-likeness (QED) is 0.750. The minimum absolute atomic E-state index is 0.000376. The summed E-state index contributed by atoms with van der Waals surface area (Å²) >= 11 is 0. The van der Waals surface area contributed by atoms with Crippen molar-refractivity contribution in [2.75, 3.05) is 45.5 Å². The SMILES string of the molecule is CC(C1CC1)N1CCN(C(=O)C2CCN(S(C)(=O)=O)CC2)CC1. The summed E-state index contributed by atoms with van der Waals surface area (Å²) < 4.78 is 24.6. The fourth-order valence-electron chi connectivity index (χ4n) is 3.92. The third kappa shape index (κ3) is 4.06. The molecule has 2 heterocycles. The normalized spacial score (nSPS) is 27.1. The number of amides is 1. The number of rotatable bonds is 4. The molecule has 0 spiro atoms. The molecule has 0 N–H and O–H groups in total. The minimum atomic E-state index is -3.12. The molecule has 1 atom stereocenters. The largest absolute Gasteiger partial charge is 0.340 e. The molecule has 0 aromatic carbocycles. The molecule has 0 aromatic rings. The number of hydrogen-bond acceptors (Lipinski definition) is 4. The first-order valence-corrected chi connectivity index (χ1v) is 10.7. The molecular formula is C16H29N3O3S. The molecule has 3 rings (SSSR count). The molecule has 23 heavy (non-hydrogen) atoms. The molecule has 1 aliphatic carbocycles. The van der Waals surface area contributed by atoms with E-state index in [0.717, 1.165) is 32.1 Å². The van der Waals surface area contributed by atoms with Gasteiger partial charge in [0.15, 0.2) is 0 Å². The summed E-state index contributed by atoms with van der Waals surface area (Å²) in [5.74, 6) is 1.11. The second-order valence-electron chi connectivity index (χ2n) is 7.38. The van der Waals surface area contributed by atoms with Crippen LogP contribution >= 0.6 is 0 Å². The molecule has 2 saturated heterocycles.